The predicted octanol–water partition coefficient (Wildman–Crippen LogP) is 4.38. The Labute approximate surface area is 201 Å². The van der Waals surface area contributed by atoms with E-state index in [0.717, 1.165) is 16.6 Å². The molecule has 0 radical (unpaired) electrons. The van der Waals surface area contributed by atoms with Crippen molar-refractivity contribution in [2.75, 3.05) is 10.6 Å². The van der Waals surface area contributed by atoms with E-state index in [9.17, 15) is 22.8 Å². The molecule has 0 aliphatic heterocycles. The van der Waals surface area contributed by atoms with E-state index in [0.29, 0.717) is 11.4 Å². The van der Waals surface area contributed by atoms with Crippen molar-refractivity contribution >= 4 is 69.0 Å². The monoisotopic (exact) mass is 550 g/mol. The Bertz CT molecular complexity index is 962. The normalized spacial score (nSPS) is 11.8. The highest BCUT2D eigenvalue weighted by Crippen LogP contribution is 2.24. The van der Waals surface area contributed by atoms with Gasteiger partial charge in [-0.05, 0) is 64.5 Å². The summed E-state index contributed by atoms with van der Waals surface area (Å²) in [5.41, 5.74) is 5.94. The molecule has 1 unspecified atom stereocenters. The number of hydrogen-bond donors (Lipinski definition) is 5. The van der Waals surface area contributed by atoms with Crippen molar-refractivity contribution in [3.8, 4) is 5.75 Å². The number of amides is 1. The van der Waals surface area contributed by atoms with Crippen LogP contribution in [-0.4, -0.2) is 28.5 Å². The Balaban J connectivity index is 1.71. The fourth-order valence-electron chi connectivity index (χ4n) is 2.35. The zero-order valence-corrected chi connectivity index (χ0v) is 19.5. The van der Waals surface area contributed by atoms with Crippen LogP contribution in [0.15, 0.2) is 53.0 Å². The summed E-state index contributed by atoms with van der Waals surface area (Å²) in [5.74, 6) is -1.37. The number of carbonyl (C=O) groups excluding carboxylic acids is 2. The number of Topliss-reactive ketones (excluding diaryl/α,β-unsaturated/α-hetero) is 1. The maximum atomic E-state index is 12.2. The molecule has 1 atom stereocenters. The smallest absolute Gasteiger partial charge is 0.406 e. The Morgan fingerprint density at radius 1 is 1.09 bits per heavy atom. The minimum atomic E-state index is -4.78. The number of thiocarbonyl (C=S) groups is 1. The summed E-state index contributed by atoms with van der Waals surface area (Å²) in [6.45, 7) is 0. The number of thiol groups is 1. The lowest BCUT2D eigenvalue weighted by atomic mass is 10.2. The summed E-state index contributed by atoms with van der Waals surface area (Å²) in [6, 6.07) is 12.2. The molecule has 0 fully saturated rings. The first-order valence-electron chi connectivity index (χ1n) is 8.94. The lowest BCUT2D eigenvalue weighted by molar-refractivity contribution is -0.274. The number of hydrogen-bond acceptors (Lipinski definition) is 6. The van der Waals surface area contributed by atoms with Crippen LogP contribution in [0.2, 0.25) is 0 Å². The van der Waals surface area contributed by atoms with Crippen LogP contribution >= 0.6 is 40.8 Å². The third-order valence-corrected chi connectivity index (χ3v) is 4.84. The molecule has 32 heavy (non-hydrogen) atoms. The van der Waals surface area contributed by atoms with Crippen molar-refractivity contribution in [3.05, 3.63) is 53.0 Å². The van der Waals surface area contributed by atoms with Gasteiger partial charge in [-0.1, -0.05) is 12.1 Å². The number of benzene rings is 2. The Hall–Kier alpha value is -2.51. The first-order valence-corrected chi connectivity index (χ1v) is 10.7. The lowest BCUT2D eigenvalue weighted by Crippen LogP contribution is -2.44. The molecule has 0 aliphatic rings. The van der Waals surface area contributed by atoms with Gasteiger partial charge in [0.15, 0.2) is 5.11 Å². The van der Waals surface area contributed by atoms with Crippen LogP contribution in [0, 0.1) is 0 Å². The van der Waals surface area contributed by atoms with E-state index in [4.69, 9.17) is 12.2 Å². The van der Waals surface area contributed by atoms with E-state index in [1.54, 1.807) is 12.1 Å². The van der Waals surface area contributed by atoms with Crippen molar-refractivity contribution in [1.82, 2.24) is 10.9 Å². The molecule has 2 aromatic rings. The van der Waals surface area contributed by atoms with Gasteiger partial charge in [0.05, 0.1) is 17.5 Å². The first-order chi connectivity index (χ1) is 15.0. The highest BCUT2D eigenvalue weighted by molar-refractivity contribution is 9.10. The fraction of sp³-hybridized carbons (Fsp3) is 0.211. The van der Waals surface area contributed by atoms with E-state index < -0.39 is 29.8 Å². The number of alkyl halides is 3. The molecule has 7 nitrogen and oxygen atoms in total. The van der Waals surface area contributed by atoms with Crippen LogP contribution in [0.5, 0.6) is 5.75 Å². The molecular weight excluding hydrogens is 533 g/mol. The van der Waals surface area contributed by atoms with Crippen molar-refractivity contribution in [2.24, 2.45) is 0 Å². The van der Waals surface area contributed by atoms with E-state index in [2.05, 4.69) is 54.8 Å². The number of rotatable bonds is 8. The van der Waals surface area contributed by atoms with Gasteiger partial charge in [0.2, 0.25) is 5.91 Å². The van der Waals surface area contributed by atoms with Crippen molar-refractivity contribution < 1.29 is 27.5 Å². The van der Waals surface area contributed by atoms with Gasteiger partial charge in [-0.2, -0.15) is 12.6 Å². The fourth-order valence-corrected chi connectivity index (χ4v) is 3.25. The second-order valence-electron chi connectivity index (χ2n) is 6.26. The number of halogens is 4. The summed E-state index contributed by atoms with van der Waals surface area (Å²) in [5, 5.41) is 5.19. The van der Waals surface area contributed by atoms with Crippen LogP contribution in [0.25, 0.3) is 0 Å². The molecule has 0 heterocycles. The topological polar surface area (TPSA) is 91.5 Å². The first kappa shape index (κ1) is 25.7. The highest BCUT2D eigenvalue weighted by atomic mass is 79.9. The highest BCUT2D eigenvalue weighted by Gasteiger charge is 2.31. The third-order valence-electron chi connectivity index (χ3n) is 3.64. The molecule has 0 bridgehead atoms. The molecule has 1 amide bonds. The number of carbonyl (C=O) groups is 2. The SMILES string of the molecule is O=C(CC(=O)NNC(=S)Nc1ccccc1Br)CC(S)Nc1ccc(OC(F)(F)F)cc1. The van der Waals surface area contributed by atoms with Gasteiger partial charge in [-0.15, -0.1) is 13.2 Å². The second-order valence-corrected chi connectivity index (χ2v) is 8.14. The van der Waals surface area contributed by atoms with Crippen molar-refractivity contribution in [1.29, 1.82) is 0 Å². The van der Waals surface area contributed by atoms with Crippen LogP contribution < -0.4 is 26.2 Å². The number of ether oxygens (including phenoxy) is 1. The minimum absolute atomic E-state index is 0.100. The Kier molecular flexibility index (Phi) is 9.60. The van der Waals surface area contributed by atoms with Gasteiger partial charge >= 0.3 is 6.36 Å². The van der Waals surface area contributed by atoms with E-state index in [1.165, 1.54) is 12.1 Å². The molecule has 0 saturated heterocycles. The van der Waals surface area contributed by atoms with Gasteiger partial charge in [-0.25, -0.2) is 0 Å². The third kappa shape index (κ3) is 9.75. The molecule has 13 heteroatoms. The number of ketones is 1. The van der Waals surface area contributed by atoms with Crippen LogP contribution in [-0.2, 0) is 9.59 Å². The van der Waals surface area contributed by atoms with Gasteiger partial charge in [-0.3, -0.25) is 20.4 Å². The maximum absolute atomic E-state index is 12.2. The molecule has 2 aromatic carbocycles. The Morgan fingerprint density at radius 2 is 1.75 bits per heavy atom. The summed E-state index contributed by atoms with van der Waals surface area (Å²) >= 11 is 12.6. The van der Waals surface area contributed by atoms with E-state index in [1.807, 2.05) is 12.1 Å². The van der Waals surface area contributed by atoms with E-state index >= 15 is 0 Å². The molecule has 0 aromatic heterocycles. The predicted molar refractivity (Wildman–Crippen MR) is 125 cm³/mol. The summed E-state index contributed by atoms with van der Waals surface area (Å²) in [4.78, 5) is 24.0. The van der Waals surface area contributed by atoms with Crippen LogP contribution in [0.4, 0.5) is 24.5 Å². The maximum Gasteiger partial charge on any atom is 0.573 e. The quantitative estimate of drug-likeness (QED) is 0.109. The molecule has 172 valence electrons. The van der Waals surface area contributed by atoms with Crippen molar-refractivity contribution in [2.45, 2.75) is 24.6 Å². The molecule has 0 saturated carbocycles. The average Bonchev–Trinajstić information content (AvgIpc) is 2.68. The summed E-state index contributed by atoms with van der Waals surface area (Å²) < 4.78 is 41.1. The summed E-state index contributed by atoms with van der Waals surface area (Å²) in [7, 11) is 0. The number of para-hydroxylation sites is 1. The Morgan fingerprint density at radius 3 is 2.38 bits per heavy atom. The van der Waals surface area contributed by atoms with Crippen LogP contribution in [0.3, 0.4) is 0 Å². The average molecular weight is 551 g/mol. The molecular formula is C19H18BrF3N4O3S2. The number of anilines is 2. The van der Waals surface area contributed by atoms with Gasteiger partial charge < -0.3 is 15.4 Å². The van der Waals surface area contributed by atoms with Gasteiger partial charge in [0.1, 0.15) is 11.5 Å². The second kappa shape index (κ2) is 11.9. The zero-order valence-electron chi connectivity index (χ0n) is 16.2. The van der Waals surface area contributed by atoms with Crippen molar-refractivity contribution in [3.63, 3.8) is 0 Å². The molecule has 2 rings (SSSR count). The minimum Gasteiger partial charge on any atom is -0.406 e. The van der Waals surface area contributed by atoms with Gasteiger partial charge in [0, 0.05) is 16.6 Å². The molecule has 0 spiro atoms. The molecule has 4 N–H and O–H groups in total. The zero-order chi connectivity index (χ0) is 23.7. The lowest BCUT2D eigenvalue weighted by Gasteiger charge is -2.15. The van der Waals surface area contributed by atoms with Gasteiger partial charge in [0.25, 0.3) is 0 Å². The number of nitrogens with one attached hydrogen (secondary N) is 4. The largest absolute Gasteiger partial charge is 0.573 e. The van der Waals surface area contributed by atoms with E-state index in [-0.39, 0.29) is 17.3 Å². The number of hydrazine groups is 1. The summed E-state index contributed by atoms with van der Waals surface area (Å²) in [6.07, 6.45) is -5.29. The standard InChI is InChI=1S/C19H18BrF3N4O3S2/c20-14-3-1-2-4-15(14)25-18(32)27-26-16(29)9-12(28)10-17(31)24-11-5-7-13(8-6-11)30-19(21,22)23/h1-8,17,24,31H,9-10H2,(H,26,29)(H2,25,27,32). The van der Waals surface area contributed by atoms with Crippen LogP contribution in [0.1, 0.15) is 12.8 Å². The molecule has 0 aliphatic carbocycles.